The summed E-state index contributed by atoms with van der Waals surface area (Å²) < 4.78 is 7.91. The molecule has 2 aliphatic rings. The number of carbonyl (C=O) groups is 2. The van der Waals surface area contributed by atoms with Gasteiger partial charge in [-0.3, -0.25) is 4.79 Å². The summed E-state index contributed by atoms with van der Waals surface area (Å²) in [5.41, 5.74) is 2.48. The topological polar surface area (TPSA) is 67.7 Å². The molecule has 0 bridgehead atoms. The van der Waals surface area contributed by atoms with Crippen molar-refractivity contribution in [3.63, 3.8) is 0 Å². The van der Waals surface area contributed by atoms with E-state index in [4.69, 9.17) is 4.74 Å². The van der Waals surface area contributed by atoms with Crippen molar-refractivity contribution in [3.8, 4) is 0 Å². The third-order valence-electron chi connectivity index (χ3n) is 6.84. The molecule has 3 heterocycles. The minimum absolute atomic E-state index is 0.0368. The van der Waals surface area contributed by atoms with Gasteiger partial charge in [0.1, 0.15) is 5.60 Å². The third kappa shape index (κ3) is 4.98. The van der Waals surface area contributed by atoms with Crippen LogP contribution in [0.4, 0.5) is 4.79 Å². The summed E-state index contributed by atoms with van der Waals surface area (Å²) in [7, 11) is 0. The molecule has 7 heteroatoms. The van der Waals surface area contributed by atoms with Crippen LogP contribution in [0.2, 0.25) is 0 Å². The highest BCUT2D eigenvalue weighted by Gasteiger charge is 2.45. The maximum Gasteiger partial charge on any atom is 0.410 e. The molecule has 1 atom stereocenters. The Morgan fingerprint density at radius 2 is 1.88 bits per heavy atom. The van der Waals surface area contributed by atoms with Gasteiger partial charge >= 0.3 is 6.09 Å². The van der Waals surface area contributed by atoms with Gasteiger partial charge in [0.15, 0.2) is 0 Å². The van der Waals surface area contributed by atoms with Gasteiger partial charge in [-0.1, -0.05) is 42.5 Å². The van der Waals surface area contributed by atoms with Crippen LogP contribution in [0.15, 0.2) is 73.3 Å². The van der Waals surface area contributed by atoms with Crippen molar-refractivity contribution >= 4 is 12.0 Å². The highest BCUT2D eigenvalue weighted by Crippen LogP contribution is 2.33. The standard InChI is InChI=1S/C27H30N4O3/c32-25(24-9-4-8-23(18-24)19-29-17-13-28-21-29)30-14-5-11-27(12-16-30)20-31(26(33)34-27)15-10-22-6-2-1-3-7-22/h1-4,6-9,13,17-18,21H,5,10-12,14-16,19-20H2. The largest absolute Gasteiger partial charge is 0.441 e. The van der Waals surface area contributed by atoms with Crippen molar-refractivity contribution in [1.29, 1.82) is 0 Å². The fraction of sp³-hybridized carbons (Fsp3) is 0.370. The molecule has 0 saturated carbocycles. The number of hydrogen-bond donors (Lipinski definition) is 0. The van der Waals surface area contributed by atoms with Crippen molar-refractivity contribution in [1.82, 2.24) is 19.4 Å². The van der Waals surface area contributed by atoms with Gasteiger partial charge in [-0.05, 0) is 42.5 Å². The number of imidazole rings is 1. The minimum atomic E-state index is -0.494. The number of amides is 2. The predicted molar refractivity (Wildman–Crippen MR) is 128 cm³/mol. The third-order valence-corrected chi connectivity index (χ3v) is 6.84. The number of rotatable bonds is 6. The summed E-state index contributed by atoms with van der Waals surface area (Å²) in [5, 5.41) is 0. The second-order valence-electron chi connectivity index (χ2n) is 9.29. The monoisotopic (exact) mass is 458 g/mol. The van der Waals surface area contributed by atoms with Gasteiger partial charge in [-0.2, -0.15) is 0 Å². The number of ether oxygens (including phenoxy) is 1. The zero-order chi connectivity index (χ0) is 23.4. The average Bonchev–Trinajstić information content (AvgIpc) is 3.42. The smallest absolute Gasteiger partial charge is 0.410 e. The van der Waals surface area contributed by atoms with E-state index in [1.165, 1.54) is 5.56 Å². The molecule has 1 unspecified atom stereocenters. The lowest BCUT2D eigenvalue weighted by molar-refractivity contribution is 0.0438. The van der Waals surface area contributed by atoms with E-state index in [0.717, 1.165) is 24.8 Å². The first kappa shape index (κ1) is 22.2. The van der Waals surface area contributed by atoms with Crippen molar-refractivity contribution in [2.45, 2.75) is 37.8 Å². The van der Waals surface area contributed by atoms with Crippen LogP contribution in [-0.2, 0) is 17.7 Å². The molecule has 0 aliphatic carbocycles. The summed E-state index contributed by atoms with van der Waals surface area (Å²) >= 11 is 0. The summed E-state index contributed by atoms with van der Waals surface area (Å²) in [6, 6.07) is 18.0. The van der Waals surface area contributed by atoms with E-state index in [9.17, 15) is 9.59 Å². The fourth-order valence-electron chi connectivity index (χ4n) is 4.98. The van der Waals surface area contributed by atoms with Gasteiger partial charge in [-0.15, -0.1) is 0 Å². The number of hydrogen-bond acceptors (Lipinski definition) is 4. The zero-order valence-corrected chi connectivity index (χ0v) is 19.3. The van der Waals surface area contributed by atoms with E-state index in [2.05, 4.69) is 17.1 Å². The number of nitrogens with zero attached hydrogens (tertiary/aromatic N) is 4. The van der Waals surface area contributed by atoms with E-state index in [0.29, 0.717) is 44.7 Å². The molecule has 2 amide bonds. The second-order valence-corrected chi connectivity index (χ2v) is 9.29. The van der Waals surface area contributed by atoms with Crippen LogP contribution in [0.5, 0.6) is 0 Å². The van der Waals surface area contributed by atoms with Gasteiger partial charge < -0.3 is 19.1 Å². The summed E-state index contributed by atoms with van der Waals surface area (Å²) in [5.74, 6) is 0.0368. The normalized spacial score (nSPS) is 20.4. The molecule has 2 aliphatic heterocycles. The molecule has 2 aromatic carbocycles. The van der Waals surface area contributed by atoms with Crippen LogP contribution in [0.1, 0.15) is 40.7 Å². The van der Waals surface area contributed by atoms with Crippen LogP contribution < -0.4 is 0 Å². The lowest BCUT2D eigenvalue weighted by atomic mass is 9.95. The first-order valence-corrected chi connectivity index (χ1v) is 12.0. The molecule has 1 spiro atoms. The van der Waals surface area contributed by atoms with E-state index in [1.54, 1.807) is 12.5 Å². The van der Waals surface area contributed by atoms with Gasteiger partial charge in [0.2, 0.25) is 0 Å². The molecule has 0 N–H and O–H groups in total. The van der Waals surface area contributed by atoms with Gasteiger partial charge in [0, 0.05) is 50.6 Å². The Kier molecular flexibility index (Phi) is 6.34. The number of carbonyl (C=O) groups excluding carboxylic acids is 2. The van der Waals surface area contributed by atoms with Crippen LogP contribution in [0.25, 0.3) is 0 Å². The molecular weight excluding hydrogens is 428 g/mol. The first-order valence-electron chi connectivity index (χ1n) is 12.0. The molecule has 176 valence electrons. The summed E-state index contributed by atoms with van der Waals surface area (Å²) in [6.45, 7) is 3.19. The van der Waals surface area contributed by atoms with E-state index >= 15 is 0 Å². The quantitative estimate of drug-likeness (QED) is 0.560. The lowest BCUT2D eigenvalue weighted by Crippen LogP contribution is -2.37. The second kappa shape index (κ2) is 9.71. The van der Waals surface area contributed by atoms with Crippen LogP contribution in [0.3, 0.4) is 0 Å². The fourth-order valence-corrected chi connectivity index (χ4v) is 4.98. The molecule has 0 radical (unpaired) electrons. The van der Waals surface area contributed by atoms with Crippen molar-refractivity contribution < 1.29 is 14.3 Å². The predicted octanol–water partition coefficient (Wildman–Crippen LogP) is 3.99. The Hall–Kier alpha value is -3.61. The van der Waals surface area contributed by atoms with Crippen LogP contribution in [-0.4, -0.2) is 63.1 Å². The lowest BCUT2D eigenvalue weighted by Gasteiger charge is -2.25. The van der Waals surface area contributed by atoms with Crippen molar-refractivity contribution in [2.75, 3.05) is 26.2 Å². The highest BCUT2D eigenvalue weighted by molar-refractivity contribution is 5.94. The first-order chi connectivity index (χ1) is 16.6. The molecular formula is C27H30N4O3. The Morgan fingerprint density at radius 1 is 1.03 bits per heavy atom. The molecule has 7 nitrogen and oxygen atoms in total. The summed E-state index contributed by atoms with van der Waals surface area (Å²) in [6.07, 6.45) is 8.28. The van der Waals surface area contributed by atoms with Crippen molar-refractivity contribution in [2.24, 2.45) is 0 Å². The molecule has 5 rings (SSSR count). The van der Waals surface area contributed by atoms with Gasteiger partial charge in [0.05, 0.1) is 12.9 Å². The van der Waals surface area contributed by atoms with Crippen LogP contribution >= 0.6 is 0 Å². The van der Waals surface area contributed by atoms with Crippen LogP contribution in [0, 0.1) is 0 Å². The van der Waals surface area contributed by atoms with Crippen molar-refractivity contribution in [3.05, 3.63) is 90.0 Å². The molecule has 1 aromatic heterocycles. The van der Waals surface area contributed by atoms with E-state index in [1.807, 2.05) is 63.0 Å². The minimum Gasteiger partial charge on any atom is -0.441 e. The zero-order valence-electron chi connectivity index (χ0n) is 19.3. The molecule has 3 aromatic rings. The van der Waals surface area contributed by atoms with Gasteiger partial charge in [0.25, 0.3) is 5.91 Å². The van der Waals surface area contributed by atoms with E-state index in [-0.39, 0.29) is 12.0 Å². The Bertz CT molecular complexity index is 1130. The van der Waals surface area contributed by atoms with Gasteiger partial charge in [-0.25, -0.2) is 9.78 Å². The Labute approximate surface area is 200 Å². The maximum absolute atomic E-state index is 13.3. The Balaban J connectivity index is 1.20. The maximum atomic E-state index is 13.3. The average molecular weight is 459 g/mol. The number of aromatic nitrogens is 2. The summed E-state index contributed by atoms with van der Waals surface area (Å²) in [4.78, 5) is 33.7. The SMILES string of the molecule is O=C1OC2(CCCN(C(=O)c3cccc(Cn4ccnc4)c3)CC2)CN1CCc1ccccc1. The molecule has 2 fully saturated rings. The molecule has 34 heavy (non-hydrogen) atoms. The number of likely N-dealkylation sites (tertiary alicyclic amines) is 1. The molecule has 2 saturated heterocycles. The van der Waals surface area contributed by atoms with E-state index < -0.39 is 5.60 Å². The Morgan fingerprint density at radius 3 is 2.71 bits per heavy atom. The number of benzene rings is 2. The highest BCUT2D eigenvalue weighted by atomic mass is 16.6.